The van der Waals surface area contributed by atoms with Gasteiger partial charge in [-0.25, -0.2) is 13.4 Å². The SMILES string of the molecule is O=C(COc1ccc(Cl)cc1Cl)NC(=S)Nc1ccc(S(=O)(=O)Nc2nccs2)cc1. The van der Waals surface area contributed by atoms with Crippen molar-refractivity contribution in [1.82, 2.24) is 10.3 Å². The lowest BCUT2D eigenvalue weighted by atomic mass is 10.3. The van der Waals surface area contributed by atoms with Gasteiger partial charge in [-0.2, -0.15) is 0 Å². The Hall–Kier alpha value is -2.44. The molecule has 0 saturated heterocycles. The maximum absolute atomic E-state index is 12.3. The zero-order valence-electron chi connectivity index (χ0n) is 15.5. The summed E-state index contributed by atoms with van der Waals surface area (Å²) in [6.07, 6.45) is 1.50. The van der Waals surface area contributed by atoms with Crippen molar-refractivity contribution in [1.29, 1.82) is 0 Å². The Morgan fingerprint density at radius 3 is 2.55 bits per heavy atom. The highest BCUT2D eigenvalue weighted by Gasteiger charge is 2.15. The van der Waals surface area contributed by atoms with Crippen molar-refractivity contribution in [2.45, 2.75) is 4.90 Å². The molecule has 3 rings (SSSR count). The number of benzene rings is 2. The third-order valence-corrected chi connectivity index (χ3v) is 6.49. The second kappa shape index (κ2) is 10.2. The van der Waals surface area contributed by atoms with Gasteiger partial charge in [0.1, 0.15) is 5.75 Å². The molecule has 0 radical (unpaired) electrons. The van der Waals surface area contributed by atoms with Crippen LogP contribution >= 0.6 is 46.8 Å². The summed E-state index contributed by atoms with van der Waals surface area (Å²) < 4.78 is 32.4. The molecule has 31 heavy (non-hydrogen) atoms. The van der Waals surface area contributed by atoms with Gasteiger partial charge in [0.2, 0.25) is 0 Å². The lowest BCUT2D eigenvalue weighted by Crippen LogP contribution is -2.37. The molecule has 1 heterocycles. The molecule has 2 aromatic carbocycles. The van der Waals surface area contributed by atoms with Crippen molar-refractivity contribution >= 4 is 78.6 Å². The highest BCUT2D eigenvalue weighted by Crippen LogP contribution is 2.27. The molecule has 0 aliphatic rings. The summed E-state index contributed by atoms with van der Waals surface area (Å²) in [4.78, 5) is 15.9. The molecular formula is C18H14Cl2N4O4S3. The number of carbonyl (C=O) groups is 1. The second-order valence-corrected chi connectivity index (χ2v) is 9.66. The van der Waals surface area contributed by atoms with Crippen molar-refractivity contribution in [3.63, 3.8) is 0 Å². The normalized spacial score (nSPS) is 10.9. The second-order valence-electron chi connectivity index (χ2n) is 5.83. The first kappa shape index (κ1) is 23.2. The van der Waals surface area contributed by atoms with E-state index in [1.54, 1.807) is 17.5 Å². The number of hydrogen-bond donors (Lipinski definition) is 3. The van der Waals surface area contributed by atoms with Gasteiger partial charge in [0, 0.05) is 22.3 Å². The predicted molar refractivity (Wildman–Crippen MR) is 126 cm³/mol. The van der Waals surface area contributed by atoms with Crippen LogP contribution in [0, 0.1) is 0 Å². The third kappa shape index (κ3) is 6.77. The molecule has 0 saturated carbocycles. The number of amides is 1. The highest BCUT2D eigenvalue weighted by atomic mass is 35.5. The Bertz CT molecular complexity index is 1190. The first-order valence-corrected chi connectivity index (χ1v) is 12.0. The van der Waals surface area contributed by atoms with E-state index in [0.717, 1.165) is 0 Å². The molecule has 1 amide bonds. The minimum atomic E-state index is -3.76. The van der Waals surface area contributed by atoms with Crippen LogP contribution in [0.3, 0.4) is 0 Å². The van der Waals surface area contributed by atoms with Gasteiger partial charge in [-0.05, 0) is 54.7 Å². The summed E-state index contributed by atoms with van der Waals surface area (Å²) in [5, 5.41) is 7.92. The van der Waals surface area contributed by atoms with Crippen molar-refractivity contribution in [2.75, 3.05) is 16.6 Å². The zero-order chi connectivity index (χ0) is 22.4. The summed E-state index contributed by atoms with van der Waals surface area (Å²) in [5.41, 5.74) is 0.486. The molecule has 0 spiro atoms. The average molecular weight is 517 g/mol. The number of hydrogen-bond acceptors (Lipinski definition) is 7. The molecule has 8 nitrogen and oxygen atoms in total. The molecule has 13 heteroatoms. The van der Waals surface area contributed by atoms with E-state index in [4.69, 9.17) is 40.2 Å². The molecule has 0 aliphatic heterocycles. The number of halogens is 2. The number of rotatable bonds is 7. The summed E-state index contributed by atoms with van der Waals surface area (Å²) in [6, 6.07) is 10.5. The molecular weight excluding hydrogens is 503 g/mol. The fourth-order valence-electron chi connectivity index (χ4n) is 2.23. The number of sulfonamides is 1. The van der Waals surface area contributed by atoms with Crippen LogP contribution in [0.5, 0.6) is 5.75 Å². The van der Waals surface area contributed by atoms with E-state index >= 15 is 0 Å². The van der Waals surface area contributed by atoms with Crippen molar-refractivity contribution < 1.29 is 17.9 Å². The van der Waals surface area contributed by atoms with Gasteiger partial charge in [-0.15, -0.1) is 11.3 Å². The highest BCUT2D eigenvalue weighted by molar-refractivity contribution is 7.93. The molecule has 3 aromatic rings. The maximum Gasteiger partial charge on any atom is 0.264 e. The molecule has 0 aliphatic carbocycles. The molecule has 162 valence electrons. The topological polar surface area (TPSA) is 109 Å². The summed E-state index contributed by atoms with van der Waals surface area (Å²) >= 11 is 18.0. The maximum atomic E-state index is 12.3. The van der Waals surface area contributed by atoms with Crippen molar-refractivity contribution in [3.05, 3.63) is 64.1 Å². The molecule has 0 fully saturated rings. The van der Waals surface area contributed by atoms with Crippen LogP contribution in [-0.2, 0) is 14.8 Å². The molecule has 0 bridgehead atoms. The Morgan fingerprint density at radius 2 is 1.90 bits per heavy atom. The number of thiazole rings is 1. The van der Waals surface area contributed by atoms with E-state index in [2.05, 4.69) is 20.3 Å². The van der Waals surface area contributed by atoms with Crippen LogP contribution in [0.1, 0.15) is 0 Å². The number of thiocarbonyl (C=S) groups is 1. The predicted octanol–water partition coefficient (Wildman–Crippen LogP) is 4.14. The summed E-state index contributed by atoms with van der Waals surface area (Å²) in [7, 11) is -3.76. The fraction of sp³-hybridized carbons (Fsp3) is 0.0556. The van der Waals surface area contributed by atoms with Crippen LogP contribution in [0.15, 0.2) is 58.9 Å². The minimum Gasteiger partial charge on any atom is -0.482 e. The van der Waals surface area contributed by atoms with Crippen molar-refractivity contribution in [2.24, 2.45) is 0 Å². The van der Waals surface area contributed by atoms with Gasteiger partial charge in [-0.1, -0.05) is 23.2 Å². The summed E-state index contributed by atoms with van der Waals surface area (Å²) in [6.45, 7) is -0.317. The van der Waals surface area contributed by atoms with Crippen LogP contribution in [-0.4, -0.2) is 31.0 Å². The number of nitrogens with one attached hydrogen (secondary N) is 3. The van der Waals surface area contributed by atoms with Gasteiger partial charge >= 0.3 is 0 Å². The van der Waals surface area contributed by atoms with Gasteiger partial charge in [0.15, 0.2) is 16.9 Å². The largest absolute Gasteiger partial charge is 0.482 e. The van der Waals surface area contributed by atoms with Gasteiger partial charge < -0.3 is 10.1 Å². The minimum absolute atomic E-state index is 0.0207. The van der Waals surface area contributed by atoms with Crippen LogP contribution in [0.25, 0.3) is 0 Å². The lowest BCUT2D eigenvalue weighted by Gasteiger charge is -2.12. The van der Waals surface area contributed by atoms with Crippen LogP contribution < -0.4 is 20.1 Å². The van der Waals surface area contributed by atoms with E-state index in [1.807, 2.05) is 0 Å². The number of nitrogens with zero attached hydrogens (tertiary/aromatic N) is 1. The van der Waals surface area contributed by atoms with Crippen LogP contribution in [0.4, 0.5) is 10.8 Å². The standard InChI is InChI=1S/C18H14Cl2N4O4S3/c19-11-1-6-15(14(20)9-11)28-10-16(25)23-17(29)22-12-2-4-13(5-3-12)31(26,27)24-18-21-7-8-30-18/h1-9H,10H2,(H,21,24)(H2,22,23,25,29). The third-order valence-electron chi connectivity index (χ3n) is 3.58. The first-order chi connectivity index (χ1) is 14.7. The van der Waals surface area contributed by atoms with Gasteiger partial charge in [0.25, 0.3) is 15.9 Å². The van der Waals surface area contributed by atoms with E-state index in [1.165, 1.54) is 47.9 Å². The summed E-state index contributed by atoms with van der Waals surface area (Å²) in [5.74, 6) is -0.196. The molecule has 1 aromatic heterocycles. The average Bonchev–Trinajstić information content (AvgIpc) is 3.20. The molecule has 3 N–H and O–H groups in total. The lowest BCUT2D eigenvalue weighted by molar-refractivity contribution is -0.121. The number of ether oxygens (including phenoxy) is 1. The first-order valence-electron chi connectivity index (χ1n) is 8.44. The monoisotopic (exact) mass is 516 g/mol. The smallest absolute Gasteiger partial charge is 0.264 e. The number of anilines is 2. The van der Waals surface area contributed by atoms with Gasteiger partial charge in [-0.3, -0.25) is 14.8 Å². The van der Waals surface area contributed by atoms with E-state index < -0.39 is 15.9 Å². The van der Waals surface area contributed by atoms with E-state index in [-0.39, 0.29) is 26.8 Å². The fourth-order valence-corrected chi connectivity index (χ4v) is 4.71. The van der Waals surface area contributed by atoms with Gasteiger partial charge in [0.05, 0.1) is 9.92 Å². The Kier molecular flexibility index (Phi) is 7.68. The molecule has 0 atom stereocenters. The van der Waals surface area contributed by atoms with Crippen molar-refractivity contribution in [3.8, 4) is 5.75 Å². The number of carbonyl (C=O) groups excluding carboxylic acids is 1. The Morgan fingerprint density at radius 1 is 1.16 bits per heavy atom. The van der Waals surface area contributed by atoms with Crippen LogP contribution in [0.2, 0.25) is 10.0 Å². The Balaban J connectivity index is 1.51. The zero-order valence-corrected chi connectivity index (χ0v) is 19.4. The quantitative estimate of drug-likeness (QED) is 0.404. The Labute approximate surface area is 197 Å². The van der Waals surface area contributed by atoms with E-state index in [9.17, 15) is 13.2 Å². The number of aromatic nitrogens is 1. The molecule has 0 unspecified atom stereocenters. The van der Waals surface area contributed by atoms with E-state index in [0.29, 0.717) is 16.5 Å².